The van der Waals surface area contributed by atoms with E-state index in [2.05, 4.69) is 4.74 Å². The molecule has 0 aliphatic carbocycles. The molecule has 0 radical (unpaired) electrons. The molecule has 37 heavy (non-hydrogen) atoms. The molecule has 0 rings (SSSR count). The minimum atomic E-state index is -1.57. The van der Waals surface area contributed by atoms with Crippen LogP contribution in [0.1, 0.15) is 54.9 Å². The normalized spacial score (nSPS) is 15.3. The first-order valence-electron chi connectivity index (χ1n) is 10.9. The van der Waals surface area contributed by atoms with Gasteiger partial charge in [-0.05, 0) is 48.5 Å². The van der Waals surface area contributed by atoms with E-state index in [0.717, 1.165) is 27.7 Å². The largest absolute Gasteiger partial charge is 0.479 e. The fourth-order valence-corrected chi connectivity index (χ4v) is 2.00. The van der Waals surface area contributed by atoms with Crippen LogP contribution < -0.4 is 0 Å². The van der Waals surface area contributed by atoms with Gasteiger partial charge in [0.25, 0.3) is 0 Å². The molecule has 0 saturated heterocycles. The molecule has 0 spiro atoms. The molecule has 208 valence electrons. The van der Waals surface area contributed by atoms with Crippen molar-refractivity contribution in [3.05, 3.63) is 0 Å². The van der Waals surface area contributed by atoms with Gasteiger partial charge in [0.2, 0.25) is 0 Å². The minimum Gasteiger partial charge on any atom is -0.479 e. The number of aliphatic carboxylic acids is 1. The SMILES string of the molecule is CC(=O)C(C)OC(=O)C(C)OC(=O)C(C)OC(=O)CC(=O)OC(C)C(=O)OC(C)C(=O)OC(C)C(=O)O. The second-order valence-electron chi connectivity index (χ2n) is 7.71. The van der Waals surface area contributed by atoms with Crippen molar-refractivity contribution in [3.8, 4) is 0 Å². The third-order valence-corrected chi connectivity index (χ3v) is 4.32. The van der Waals surface area contributed by atoms with Crippen molar-refractivity contribution in [1.82, 2.24) is 0 Å². The molecule has 15 nitrogen and oxygen atoms in total. The van der Waals surface area contributed by atoms with Gasteiger partial charge in [-0.1, -0.05) is 0 Å². The maximum Gasteiger partial charge on any atom is 0.347 e. The molecular weight excluding hydrogens is 504 g/mol. The quantitative estimate of drug-likeness (QED) is 0.171. The van der Waals surface area contributed by atoms with E-state index in [4.69, 9.17) is 28.8 Å². The third kappa shape index (κ3) is 12.5. The van der Waals surface area contributed by atoms with Crippen LogP contribution in [0.15, 0.2) is 0 Å². The number of rotatable bonds is 14. The molecule has 15 heteroatoms. The van der Waals surface area contributed by atoms with Gasteiger partial charge in [0.15, 0.2) is 42.4 Å². The van der Waals surface area contributed by atoms with Gasteiger partial charge in [0.05, 0.1) is 0 Å². The van der Waals surface area contributed by atoms with Gasteiger partial charge >= 0.3 is 41.8 Å². The van der Waals surface area contributed by atoms with Crippen molar-refractivity contribution in [1.29, 1.82) is 0 Å². The number of ether oxygens (including phenoxy) is 6. The van der Waals surface area contributed by atoms with Crippen molar-refractivity contribution in [2.24, 2.45) is 0 Å². The number of ketones is 1. The molecule has 0 aliphatic rings. The molecule has 0 heterocycles. The van der Waals surface area contributed by atoms with Gasteiger partial charge < -0.3 is 33.5 Å². The van der Waals surface area contributed by atoms with Crippen LogP contribution in [0, 0.1) is 0 Å². The number of carbonyl (C=O) groups is 8. The summed E-state index contributed by atoms with van der Waals surface area (Å²) in [6, 6.07) is 0. The number of hydrogen-bond acceptors (Lipinski definition) is 14. The topological polar surface area (TPSA) is 212 Å². The van der Waals surface area contributed by atoms with Crippen LogP contribution in [0.3, 0.4) is 0 Å². The number of esters is 6. The molecule has 0 saturated carbocycles. The van der Waals surface area contributed by atoms with Crippen LogP contribution >= 0.6 is 0 Å². The zero-order valence-corrected chi connectivity index (χ0v) is 21.3. The van der Waals surface area contributed by atoms with Gasteiger partial charge in [-0.2, -0.15) is 0 Å². The Bertz CT molecular complexity index is 836. The Kier molecular flexibility index (Phi) is 13.5. The fourth-order valence-electron chi connectivity index (χ4n) is 2.00. The van der Waals surface area contributed by atoms with Crippen LogP contribution in [0.4, 0.5) is 0 Å². The molecule has 0 bridgehead atoms. The summed E-state index contributed by atoms with van der Waals surface area (Å²) in [6.07, 6.45) is -9.59. The van der Waals surface area contributed by atoms with Crippen molar-refractivity contribution < 1.29 is 71.9 Å². The van der Waals surface area contributed by atoms with Gasteiger partial charge in [-0.15, -0.1) is 0 Å². The maximum absolute atomic E-state index is 12.0. The number of Topliss-reactive ketones (excluding diaryl/α,β-unsaturated/α-hetero) is 1. The molecule has 0 amide bonds. The van der Waals surface area contributed by atoms with Crippen LogP contribution in [-0.4, -0.2) is 89.3 Å². The Hall–Kier alpha value is -4.04. The summed E-state index contributed by atoms with van der Waals surface area (Å²) in [5.74, 6) is -8.79. The summed E-state index contributed by atoms with van der Waals surface area (Å²) in [6.45, 7) is 8.08. The summed E-state index contributed by atoms with van der Waals surface area (Å²) in [5, 5.41) is 8.71. The molecule has 0 aromatic heterocycles. The second-order valence-corrected chi connectivity index (χ2v) is 7.71. The maximum atomic E-state index is 12.0. The average Bonchev–Trinajstić information content (AvgIpc) is 2.77. The van der Waals surface area contributed by atoms with Gasteiger partial charge in [-0.25, -0.2) is 24.0 Å². The summed E-state index contributed by atoms with van der Waals surface area (Å²) in [4.78, 5) is 93.1. The van der Waals surface area contributed by atoms with Gasteiger partial charge in [0, 0.05) is 0 Å². The first kappa shape index (κ1) is 33.0. The highest BCUT2D eigenvalue weighted by Crippen LogP contribution is 2.07. The third-order valence-electron chi connectivity index (χ3n) is 4.32. The van der Waals surface area contributed by atoms with E-state index in [9.17, 15) is 38.4 Å². The molecule has 1 N–H and O–H groups in total. The Balaban J connectivity index is 4.61. The highest BCUT2D eigenvalue weighted by atomic mass is 16.6. The van der Waals surface area contributed by atoms with E-state index in [1.807, 2.05) is 0 Å². The first-order chi connectivity index (χ1) is 17.0. The lowest BCUT2D eigenvalue weighted by Crippen LogP contribution is -2.36. The van der Waals surface area contributed by atoms with Crippen molar-refractivity contribution in [2.45, 2.75) is 91.5 Å². The van der Waals surface area contributed by atoms with Crippen molar-refractivity contribution in [2.75, 3.05) is 0 Å². The Morgan fingerprint density at radius 2 is 0.757 bits per heavy atom. The van der Waals surface area contributed by atoms with E-state index < -0.39 is 90.6 Å². The summed E-state index contributed by atoms with van der Waals surface area (Å²) in [7, 11) is 0. The van der Waals surface area contributed by atoms with Crippen LogP contribution in [0.5, 0.6) is 0 Å². The zero-order chi connectivity index (χ0) is 29.0. The Morgan fingerprint density at radius 1 is 0.486 bits per heavy atom. The van der Waals surface area contributed by atoms with E-state index in [1.165, 1.54) is 20.8 Å². The predicted molar refractivity (Wildman–Crippen MR) is 116 cm³/mol. The van der Waals surface area contributed by atoms with Crippen LogP contribution in [0.2, 0.25) is 0 Å². The summed E-state index contributed by atoms with van der Waals surface area (Å²) in [5.41, 5.74) is 0. The van der Waals surface area contributed by atoms with Crippen LogP contribution in [0.25, 0.3) is 0 Å². The smallest absolute Gasteiger partial charge is 0.347 e. The Labute approximate surface area is 211 Å². The van der Waals surface area contributed by atoms with Crippen LogP contribution in [-0.2, 0) is 66.8 Å². The van der Waals surface area contributed by atoms with E-state index in [-0.39, 0.29) is 0 Å². The Morgan fingerprint density at radius 3 is 1.05 bits per heavy atom. The summed E-state index contributed by atoms with van der Waals surface area (Å²) >= 11 is 0. The van der Waals surface area contributed by atoms with Gasteiger partial charge in [-0.3, -0.25) is 14.4 Å². The average molecular weight is 534 g/mol. The molecule has 0 aliphatic heterocycles. The number of carboxylic acids is 1. The van der Waals surface area contributed by atoms with Gasteiger partial charge in [0.1, 0.15) is 6.42 Å². The highest BCUT2D eigenvalue weighted by molar-refractivity contribution is 5.94. The lowest BCUT2D eigenvalue weighted by atomic mass is 10.3. The fraction of sp³-hybridized carbons (Fsp3) is 0.636. The monoisotopic (exact) mass is 534 g/mol. The standard InChI is InChI=1S/C22H30O15/c1-9(23)10(2)34-21(30)14(6)36-19(28)12(4)32-16(24)8-17(25)33-13(5)20(29)37-15(7)22(31)35-11(3)18(26)27/h10-15H,8H2,1-7H3,(H,26,27). The van der Waals surface area contributed by atoms with E-state index in [0.29, 0.717) is 0 Å². The first-order valence-corrected chi connectivity index (χ1v) is 10.9. The number of carbonyl (C=O) groups excluding carboxylic acids is 7. The number of hydrogen-bond donors (Lipinski definition) is 1. The predicted octanol–water partition coefficient (Wildman–Crippen LogP) is -0.360. The zero-order valence-electron chi connectivity index (χ0n) is 21.3. The molecule has 6 atom stereocenters. The molecule has 0 aromatic rings. The molecular formula is C22H30O15. The molecule has 6 unspecified atom stereocenters. The second kappa shape index (κ2) is 15.2. The van der Waals surface area contributed by atoms with E-state index in [1.54, 1.807) is 0 Å². The van der Waals surface area contributed by atoms with Crippen molar-refractivity contribution >= 4 is 47.6 Å². The number of carboxylic acid groups (broad SMARTS) is 1. The molecule has 0 fully saturated rings. The lowest BCUT2D eigenvalue weighted by Gasteiger charge is -2.18. The molecule has 0 aromatic carbocycles. The summed E-state index contributed by atoms with van der Waals surface area (Å²) < 4.78 is 28.3. The lowest BCUT2D eigenvalue weighted by molar-refractivity contribution is -0.183. The van der Waals surface area contributed by atoms with Crippen molar-refractivity contribution in [3.63, 3.8) is 0 Å². The minimum absolute atomic E-state index is 0.425. The highest BCUT2D eigenvalue weighted by Gasteiger charge is 2.30. The van der Waals surface area contributed by atoms with E-state index >= 15 is 0 Å².